The number of Topliss-reactive ketones (excluding diaryl/α,β-unsaturated/α-hetero) is 1. The Morgan fingerprint density at radius 3 is 2.64 bits per heavy atom. The summed E-state index contributed by atoms with van der Waals surface area (Å²) in [5.41, 5.74) is 0.927. The lowest BCUT2D eigenvalue weighted by Gasteiger charge is -2.06. The largest absolute Gasteiger partial charge is 0.494 e. The van der Waals surface area contributed by atoms with Gasteiger partial charge in [-0.2, -0.15) is 5.26 Å². The van der Waals surface area contributed by atoms with E-state index in [9.17, 15) is 4.79 Å². The van der Waals surface area contributed by atoms with Crippen LogP contribution in [0.5, 0.6) is 5.75 Å². The summed E-state index contributed by atoms with van der Waals surface area (Å²) in [4.78, 5) is 11.1. The second-order valence-electron chi connectivity index (χ2n) is 2.71. The van der Waals surface area contributed by atoms with E-state index < -0.39 is 0 Å². The van der Waals surface area contributed by atoms with Crippen molar-refractivity contribution in [1.82, 2.24) is 0 Å². The number of methoxy groups -OCH3 is 1. The average Bonchev–Trinajstić information content (AvgIpc) is 2.16. The zero-order valence-electron chi connectivity index (χ0n) is 7.80. The third-order valence-corrected chi connectivity index (χ3v) is 2.58. The van der Waals surface area contributed by atoms with Crippen molar-refractivity contribution in [2.24, 2.45) is 0 Å². The molecule has 0 amide bonds. The van der Waals surface area contributed by atoms with E-state index in [0.29, 0.717) is 16.9 Å². The van der Waals surface area contributed by atoms with E-state index in [1.807, 2.05) is 28.7 Å². The zero-order chi connectivity index (χ0) is 10.7. The number of halogens is 1. The van der Waals surface area contributed by atoms with Gasteiger partial charge in [0.25, 0.3) is 0 Å². The summed E-state index contributed by atoms with van der Waals surface area (Å²) in [5.74, 6) is 0.472. The predicted octanol–water partition coefficient (Wildman–Crippen LogP) is 2.37. The monoisotopic (exact) mass is 301 g/mol. The fraction of sp³-hybridized carbons (Fsp3) is 0.200. The quantitative estimate of drug-likeness (QED) is 0.622. The minimum Gasteiger partial charge on any atom is -0.494 e. The maximum Gasteiger partial charge on any atom is 0.159 e. The van der Waals surface area contributed by atoms with Crippen LogP contribution in [0.4, 0.5) is 0 Å². The Morgan fingerprint density at radius 1 is 1.57 bits per heavy atom. The SMILES string of the molecule is COc1c(I)cc(C(C)=O)cc1C#N. The lowest BCUT2D eigenvalue weighted by Crippen LogP contribution is -1.98. The maximum atomic E-state index is 11.1. The molecule has 0 heterocycles. The number of nitrogens with zero attached hydrogens (tertiary/aromatic N) is 1. The first kappa shape index (κ1) is 11.0. The van der Waals surface area contributed by atoms with Crippen molar-refractivity contribution in [3.63, 3.8) is 0 Å². The van der Waals surface area contributed by atoms with Crippen LogP contribution < -0.4 is 4.74 Å². The van der Waals surface area contributed by atoms with Crippen molar-refractivity contribution in [1.29, 1.82) is 5.26 Å². The third-order valence-electron chi connectivity index (χ3n) is 1.77. The van der Waals surface area contributed by atoms with Crippen LogP contribution in [0.25, 0.3) is 0 Å². The summed E-state index contributed by atoms with van der Waals surface area (Å²) >= 11 is 2.04. The van der Waals surface area contributed by atoms with Crippen LogP contribution in [-0.2, 0) is 0 Å². The second kappa shape index (κ2) is 4.42. The van der Waals surface area contributed by atoms with Crippen LogP contribution in [0.15, 0.2) is 12.1 Å². The van der Waals surface area contributed by atoms with E-state index in [0.717, 1.165) is 3.57 Å². The highest BCUT2D eigenvalue weighted by molar-refractivity contribution is 14.1. The van der Waals surface area contributed by atoms with E-state index >= 15 is 0 Å². The Hall–Kier alpha value is -1.09. The van der Waals surface area contributed by atoms with Gasteiger partial charge in [0.05, 0.1) is 16.2 Å². The van der Waals surface area contributed by atoms with Crippen molar-refractivity contribution in [2.75, 3.05) is 7.11 Å². The van der Waals surface area contributed by atoms with Gasteiger partial charge in [0.15, 0.2) is 5.78 Å². The fourth-order valence-electron chi connectivity index (χ4n) is 1.09. The summed E-state index contributed by atoms with van der Waals surface area (Å²) in [5, 5.41) is 8.84. The molecule has 72 valence electrons. The molecule has 14 heavy (non-hydrogen) atoms. The number of nitriles is 1. The molecule has 0 atom stereocenters. The van der Waals surface area contributed by atoms with Crippen LogP contribution in [0.1, 0.15) is 22.8 Å². The first-order chi connectivity index (χ1) is 6.60. The molecule has 0 aliphatic heterocycles. The minimum atomic E-state index is -0.0536. The number of ether oxygens (including phenoxy) is 1. The predicted molar refractivity (Wildman–Crippen MR) is 60.4 cm³/mol. The van der Waals surface area contributed by atoms with E-state index in [-0.39, 0.29) is 5.78 Å². The molecule has 0 aliphatic rings. The summed E-state index contributed by atoms with van der Waals surface area (Å²) in [6.07, 6.45) is 0. The van der Waals surface area contributed by atoms with Crippen molar-refractivity contribution < 1.29 is 9.53 Å². The first-order valence-electron chi connectivity index (χ1n) is 3.88. The molecule has 0 aliphatic carbocycles. The summed E-state index contributed by atoms with van der Waals surface area (Å²) < 4.78 is 5.83. The molecule has 0 aromatic heterocycles. The van der Waals surface area contributed by atoms with E-state index in [1.54, 1.807) is 12.1 Å². The first-order valence-corrected chi connectivity index (χ1v) is 4.96. The lowest BCUT2D eigenvalue weighted by atomic mass is 10.1. The molecular weight excluding hydrogens is 293 g/mol. The highest BCUT2D eigenvalue weighted by Gasteiger charge is 2.11. The van der Waals surface area contributed by atoms with Crippen molar-refractivity contribution in [2.45, 2.75) is 6.92 Å². The molecule has 0 saturated heterocycles. The highest BCUT2D eigenvalue weighted by Crippen LogP contribution is 2.26. The minimum absolute atomic E-state index is 0.0536. The van der Waals surface area contributed by atoms with Gasteiger partial charge in [0.2, 0.25) is 0 Å². The molecule has 0 unspecified atom stereocenters. The molecule has 4 heteroatoms. The molecule has 1 rings (SSSR count). The van der Waals surface area contributed by atoms with Gasteiger partial charge >= 0.3 is 0 Å². The summed E-state index contributed by atoms with van der Waals surface area (Å²) in [7, 11) is 1.51. The normalized spacial score (nSPS) is 9.29. The van der Waals surface area contributed by atoms with Gasteiger partial charge in [0.1, 0.15) is 11.8 Å². The Balaban J connectivity index is 3.41. The number of carbonyl (C=O) groups is 1. The molecule has 0 fully saturated rings. The Morgan fingerprint density at radius 2 is 2.21 bits per heavy atom. The van der Waals surface area contributed by atoms with Gasteiger partial charge in [-0.15, -0.1) is 0 Å². The average molecular weight is 301 g/mol. The third kappa shape index (κ3) is 2.04. The van der Waals surface area contributed by atoms with Crippen LogP contribution in [0, 0.1) is 14.9 Å². The van der Waals surface area contributed by atoms with Gasteiger partial charge < -0.3 is 4.74 Å². The van der Waals surface area contributed by atoms with Gasteiger partial charge in [-0.25, -0.2) is 0 Å². The summed E-state index contributed by atoms with van der Waals surface area (Å²) in [6, 6.07) is 5.26. The van der Waals surface area contributed by atoms with Gasteiger partial charge in [0, 0.05) is 5.56 Å². The molecule has 1 aromatic carbocycles. The molecule has 0 N–H and O–H groups in total. The molecule has 0 spiro atoms. The fourth-order valence-corrected chi connectivity index (χ4v) is 1.93. The van der Waals surface area contributed by atoms with Gasteiger partial charge in [-0.05, 0) is 41.6 Å². The van der Waals surface area contributed by atoms with Crippen molar-refractivity contribution in [3.8, 4) is 11.8 Å². The number of hydrogen-bond acceptors (Lipinski definition) is 3. The Bertz CT molecular complexity index is 421. The van der Waals surface area contributed by atoms with Crippen LogP contribution in [0.3, 0.4) is 0 Å². The second-order valence-corrected chi connectivity index (χ2v) is 3.87. The van der Waals surface area contributed by atoms with E-state index in [4.69, 9.17) is 10.00 Å². The molecular formula is C10H8INO2. The van der Waals surface area contributed by atoms with Gasteiger partial charge in [-0.1, -0.05) is 0 Å². The van der Waals surface area contributed by atoms with E-state index in [1.165, 1.54) is 14.0 Å². The molecule has 1 aromatic rings. The van der Waals surface area contributed by atoms with Crippen molar-refractivity contribution >= 4 is 28.4 Å². The molecule has 0 bridgehead atoms. The van der Waals surface area contributed by atoms with Crippen molar-refractivity contribution in [3.05, 3.63) is 26.8 Å². The summed E-state index contributed by atoms with van der Waals surface area (Å²) in [6.45, 7) is 1.47. The number of carbonyl (C=O) groups excluding carboxylic acids is 1. The molecule has 0 radical (unpaired) electrons. The van der Waals surface area contributed by atoms with E-state index in [2.05, 4.69) is 0 Å². The number of benzene rings is 1. The topological polar surface area (TPSA) is 50.1 Å². The van der Waals surface area contributed by atoms with Crippen LogP contribution in [-0.4, -0.2) is 12.9 Å². The number of hydrogen-bond donors (Lipinski definition) is 0. The maximum absolute atomic E-state index is 11.1. The van der Waals surface area contributed by atoms with Gasteiger partial charge in [-0.3, -0.25) is 4.79 Å². The lowest BCUT2D eigenvalue weighted by molar-refractivity contribution is 0.101. The number of rotatable bonds is 2. The van der Waals surface area contributed by atoms with Crippen LogP contribution >= 0.6 is 22.6 Å². The molecule has 3 nitrogen and oxygen atoms in total. The Labute approximate surface area is 95.8 Å². The number of ketones is 1. The standard InChI is InChI=1S/C10H8INO2/c1-6(13)7-3-8(5-12)10(14-2)9(11)4-7/h3-4H,1-2H3. The smallest absolute Gasteiger partial charge is 0.159 e. The Kier molecular flexibility index (Phi) is 3.47. The highest BCUT2D eigenvalue weighted by atomic mass is 127. The van der Waals surface area contributed by atoms with Crippen LogP contribution in [0.2, 0.25) is 0 Å². The zero-order valence-corrected chi connectivity index (χ0v) is 9.95. The molecule has 0 saturated carbocycles.